The summed E-state index contributed by atoms with van der Waals surface area (Å²) in [4.78, 5) is 42.5. The molecular weight excluding hydrogens is 384 g/mol. The minimum Gasteiger partial charge on any atom is -0.465 e. The lowest BCUT2D eigenvalue weighted by Crippen LogP contribution is -2.59. The fraction of sp³-hybridized carbons (Fsp3) is 0.591. The molecule has 0 spiro atoms. The maximum Gasteiger partial charge on any atom is 0.337 e. The molecule has 0 aromatic heterocycles. The van der Waals surface area contributed by atoms with Crippen LogP contribution in [-0.4, -0.2) is 79.5 Å². The normalized spacial score (nSPS) is 23.7. The van der Waals surface area contributed by atoms with Crippen molar-refractivity contribution in [1.82, 2.24) is 9.80 Å². The summed E-state index contributed by atoms with van der Waals surface area (Å²) in [7, 11) is 1.37. The van der Waals surface area contributed by atoms with Gasteiger partial charge in [-0.3, -0.25) is 14.5 Å². The highest BCUT2D eigenvalue weighted by Crippen LogP contribution is 2.23. The van der Waals surface area contributed by atoms with Gasteiger partial charge in [-0.1, -0.05) is 0 Å². The summed E-state index contributed by atoms with van der Waals surface area (Å²) in [5.74, 6) is -0.829. The lowest BCUT2D eigenvalue weighted by Gasteiger charge is -2.44. The lowest BCUT2D eigenvalue weighted by molar-refractivity contribution is -0.140. The number of primary amides is 1. The van der Waals surface area contributed by atoms with Gasteiger partial charge in [0.2, 0.25) is 11.8 Å². The predicted octanol–water partition coefficient (Wildman–Crippen LogP) is 1.10. The Labute approximate surface area is 177 Å². The molecule has 2 amide bonds. The molecular formula is C22H32N4O4. The highest BCUT2D eigenvalue weighted by Gasteiger charge is 2.35. The van der Waals surface area contributed by atoms with Gasteiger partial charge in [-0.05, 0) is 51.0 Å². The molecule has 30 heavy (non-hydrogen) atoms. The highest BCUT2D eigenvalue weighted by molar-refractivity contribution is 5.89. The first-order valence-electron chi connectivity index (χ1n) is 10.6. The second kappa shape index (κ2) is 9.47. The SMILES string of the molecule is COC(=O)c1ccc(N2CCN(C(C)C(=O)N3CCCC(C(N)=O)C3)C(C)C2)cc1. The Morgan fingerprint density at radius 3 is 2.40 bits per heavy atom. The number of likely N-dealkylation sites (tertiary alicyclic amines) is 1. The van der Waals surface area contributed by atoms with E-state index in [2.05, 4.69) is 16.7 Å². The van der Waals surface area contributed by atoms with E-state index in [1.807, 2.05) is 19.1 Å². The first-order chi connectivity index (χ1) is 14.3. The second-order valence-electron chi connectivity index (χ2n) is 8.27. The molecule has 2 saturated heterocycles. The van der Waals surface area contributed by atoms with E-state index in [1.54, 1.807) is 17.0 Å². The van der Waals surface area contributed by atoms with Crippen LogP contribution < -0.4 is 10.6 Å². The monoisotopic (exact) mass is 416 g/mol. The zero-order valence-corrected chi connectivity index (χ0v) is 18.0. The fourth-order valence-corrected chi connectivity index (χ4v) is 4.52. The van der Waals surface area contributed by atoms with Crippen LogP contribution in [0.25, 0.3) is 0 Å². The number of anilines is 1. The van der Waals surface area contributed by atoms with E-state index in [9.17, 15) is 14.4 Å². The summed E-state index contributed by atoms with van der Waals surface area (Å²) >= 11 is 0. The van der Waals surface area contributed by atoms with E-state index in [1.165, 1.54) is 7.11 Å². The molecule has 2 N–H and O–H groups in total. The molecule has 0 saturated carbocycles. The summed E-state index contributed by atoms with van der Waals surface area (Å²) in [6, 6.07) is 7.36. The average Bonchev–Trinajstić information content (AvgIpc) is 2.77. The number of piperazine rings is 1. The molecule has 2 aliphatic rings. The van der Waals surface area contributed by atoms with Gasteiger partial charge in [0.05, 0.1) is 24.6 Å². The molecule has 2 fully saturated rings. The van der Waals surface area contributed by atoms with Gasteiger partial charge in [0.1, 0.15) is 0 Å². The Kier molecular flexibility index (Phi) is 6.97. The molecule has 0 aliphatic carbocycles. The number of piperidine rings is 1. The topological polar surface area (TPSA) is 96.2 Å². The highest BCUT2D eigenvalue weighted by atomic mass is 16.5. The first-order valence-corrected chi connectivity index (χ1v) is 10.6. The Morgan fingerprint density at radius 1 is 1.10 bits per heavy atom. The van der Waals surface area contributed by atoms with Crippen LogP contribution in [0, 0.1) is 5.92 Å². The van der Waals surface area contributed by atoms with Gasteiger partial charge in [0.25, 0.3) is 0 Å². The van der Waals surface area contributed by atoms with Crippen LogP contribution >= 0.6 is 0 Å². The maximum atomic E-state index is 13.1. The fourth-order valence-electron chi connectivity index (χ4n) is 4.52. The van der Waals surface area contributed by atoms with E-state index < -0.39 is 0 Å². The van der Waals surface area contributed by atoms with Crippen molar-refractivity contribution in [2.24, 2.45) is 11.7 Å². The van der Waals surface area contributed by atoms with Crippen molar-refractivity contribution in [3.8, 4) is 0 Å². The number of hydrogen-bond acceptors (Lipinski definition) is 6. The predicted molar refractivity (Wildman–Crippen MR) is 114 cm³/mol. The molecule has 1 aromatic carbocycles. The number of methoxy groups -OCH3 is 1. The number of rotatable bonds is 5. The molecule has 0 bridgehead atoms. The van der Waals surface area contributed by atoms with E-state index >= 15 is 0 Å². The third kappa shape index (κ3) is 4.75. The molecule has 3 unspecified atom stereocenters. The van der Waals surface area contributed by atoms with Crippen molar-refractivity contribution in [1.29, 1.82) is 0 Å². The van der Waals surface area contributed by atoms with Gasteiger partial charge in [0, 0.05) is 44.5 Å². The molecule has 8 heteroatoms. The van der Waals surface area contributed by atoms with E-state index in [-0.39, 0.29) is 35.8 Å². The van der Waals surface area contributed by atoms with Gasteiger partial charge < -0.3 is 20.3 Å². The third-order valence-corrected chi connectivity index (χ3v) is 6.32. The lowest BCUT2D eigenvalue weighted by atomic mass is 9.96. The van der Waals surface area contributed by atoms with Gasteiger partial charge in [0.15, 0.2) is 0 Å². The number of esters is 1. The van der Waals surface area contributed by atoms with Gasteiger partial charge >= 0.3 is 5.97 Å². The van der Waals surface area contributed by atoms with Crippen LogP contribution in [0.2, 0.25) is 0 Å². The van der Waals surface area contributed by atoms with Crippen LogP contribution in [0.5, 0.6) is 0 Å². The Balaban J connectivity index is 1.60. The summed E-state index contributed by atoms with van der Waals surface area (Å²) in [5.41, 5.74) is 7.04. The van der Waals surface area contributed by atoms with E-state index in [4.69, 9.17) is 10.5 Å². The largest absolute Gasteiger partial charge is 0.465 e. The Hall–Kier alpha value is -2.61. The quantitative estimate of drug-likeness (QED) is 0.722. The zero-order chi connectivity index (χ0) is 21.8. The minimum atomic E-state index is -0.344. The zero-order valence-electron chi connectivity index (χ0n) is 18.0. The number of benzene rings is 1. The molecule has 0 radical (unpaired) electrons. The molecule has 2 aliphatic heterocycles. The van der Waals surface area contributed by atoms with Gasteiger partial charge in [-0.25, -0.2) is 4.79 Å². The minimum absolute atomic E-state index is 0.0729. The van der Waals surface area contributed by atoms with Crippen molar-refractivity contribution >= 4 is 23.5 Å². The van der Waals surface area contributed by atoms with Crippen LogP contribution in [-0.2, 0) is 14.3 Å². The maximum absolute atomic E-state index is 13.1. The number of nitrogens with two attached hydrogens (primary N) is 1. The van der Waals surface area contributed by atoms with E-state index in [0.717, 1.165) is 38.2 Å². The summed E-state index contributed by atoms with van der Waals surface area (Å²) in [6.07, 6.45) is 1.58. The van der Waals surface area contributed by atoms with Gasteiger partial charge in [-0.15, -0.1) is 0 Å². The van der Waals surface area contributed by atoms with Gasteiger partial charge in [-0.2, -0.15) is 0 Å². The van der Waals surface area contributed by atoms with Crippen LogP contribution in [0.15, 0.2) is 24.3 Å². The number of carbonyl (C=O) groups excluding carboxylic acids is 3. The van der Waals surface area contributed by atoms with E-state index in [0.29, 0.717) is 18.7 Å². The molecule has 2 heterocycles. The molecule has 8 nitrogen and oxygen atoms in total. The second-order valence-corrected chi connectivity index (χ2v) is 8.27. The van der Waals surface area contributed by atoms with Crippen molar-refractivity contribution < 1.29 is 19.1 Å². The van der Waals surface area contributed by atoms with Crippen molar-refractivity contribution in [2.75, 3.05) is 44.7 Å². The molecule has 3 atom stereocenters. The third-order valence-electron chi connectivity index (χ3n) is 6.32. The number of ether oxygens (including phenoxy) is 1. The standard InChI is InChI=1S/C22H32N4O4/c1-15-13-24(19-8-6-17(7-9-19)22(29)30-3)11-12-26(15)16(2)21(28)25-10-4-5-18(14-25)20(23)27/h6-9,15-16,18H,4-5,10-14H2,1-3H3,(H2,23,27). The average molecular weight is 417 g/mol. The van der Waals surface area contributed by atoms with Crippen molar-refractivity contribution in [3.05, 3.63) is 29.8 Å². The summed E-state index contributed by atoms with van der Waals surface area (Å²) in [5, 5.41) is 0. The summed E-state index contributed by atoms with van der Waals surface area (Å²) < 4.78 is 4.75. The smallest absolute Gasteiger partial charge is 0.337 e. The van der Waals surface area contributed by atoms with Crippen molar-refractivity contribution in [3.63, 3.8) is 0 Å². The number of amides is 2. The summed E-state index contributed by atoms with van der Waals surface area (Å²) in [6.45, 7) is 7.55. The number of hydrogen-bond donors (Lipinski definition) is 1. The van der Waals surface area contributed by atoms with Crippen LogP contribution in [0.3, 0.4) is 0 Å². The number of carbonyl (C=O) groups is 3. The Morgan fingerprint density at radius 2 is 1.80 bits per heavy atom. The first kappa shape index (κ1) is 22.1. The van der Waals surface area contributed by atoms with Crippen LogP contribution in [0.4, 0.5) is 5.69 Å². The molecule has 1 aromatic rings. The van der Waals surface area contributed by atoms with Crippen molar-refractivity contribution in [2.45, 2.75) is 38.8 Å². The Bertz CT molecular complexity index is 782. The number of nitrogens with zero attached hydrogens (tertiary/aromatic N) is 3. The molecule has 3 rings (SSSR count). The molecule has 164 valence electrons. The van der Waals surface area contributed by atoms with Crippen LogP contribution in [0.1, 0.15) is 37.0 Å².